The molecular formula is C12H25NO4. The highest BCUT2D eigenvalue weighted by molar-refractivity contribution is 5.68. The van der Waals surface area contributed by atoms with Gasteiger partial charge in [-0.3, -0.25) is 4.79 Å². The Bertz CT molecular complexity index is 205. The van der Waals surface area contributed by atoms with Crippen molar-refractivity contribution in [2.75, 3.05) is 13.1 Å². The number of ether oxygens (including phenoxy) is 1. The summed E-state index contributed by atoms with van der Waals surface area (Å²) in [5.41, 5.74) is -0.361. The molecule has 1 heterocycles. The molecule has 0 unspecified atom stereocenters. The van der Waals surface area contributed by atoms with Crippen molar-refractivity contribution < 1.29 is 19.4 Å². The molecule has 0 spiro atoms. The van der Waals surface area contributed by atoms with Gasteiger partial charge in [-0.1, -0.05) is 13.8 Å². The lowest BCUT2D eigenvalue weighted by Gasteiger charge is -2.23. The minimum absolute atomic E-state index is 0.167. The Morgan fingerprint density at radius 2 is 1.59 bits per heavy atom. The van der Waals surface area contributed by atoms with Gasteiger partial charge >= 0.3 is 6.09 Å². The summed E-state index contributed by atoms with van der Waals surface area (Å²) in [7, 11) is 0. The molecule has 0 radical (unpaired) electrons. The second kappa shape index (κ2) is 9.93. The van der Waals surface area contributed by atoms with Gasteiger partial charge in [0.25, 0.3) is 6.47 Å². The van der Waals surface area contributed by atoms with E-state index in [1.165, 1.54) is 0 Å². The Balaban J connectivity index is 0. The first-order valence-electron chi connectivity index (χ1n) is 5.96. The normalized spacial score (nSPS) is 13.8. The fourth-order valence-corrected chi connectivity index (χ4v) is 1.23. The van der Waals surface area contributed by atoms with E-state index in [1.54, 1.807) is 4.90 Å². The maximum absolute atomic E-state index is 11.4. The quantitative estimate of drug-likeness (QED) is 0.668. The first kappa shape index (κ1) is 18.1. The molecule has 0 aromatic carbocycles. The number of hydrogen-bond donors (Lipinski definition) is 1. The average Bonchev–Trinajstić information content (AvgIpc) is 2.72. The van der Waals surface area contributed by atoms with Gasteiger partial charge in [0.2, 0.25) is 0 Å². The number of carbonyl (C=O) groups is 2. The Kier molecular flexibility index (Phi) is 10.6. The van der Waals surface area contributed by atoms with Crippen molar-refractivity contribution in [3.8, 4) is 0 Å². The smallest absolute Gasteiger partial charge is 0.410 e. The monoisotopic (exact) mass is 247 g/mol. The van der Waals surface area contributed by atoms with Gasteiger partial charge in [-0.25, -0.2) is 4.79 Å². The van der Waals surface area contributed by atoms with Crippen molar-refractivity contribution in [2.45, 2.75) is 53.1 Å². The fourth-order valence-electron chi connectivity index (χ4n) is 1.23. The minimum atomic E-state index is -0.361. The van der Waals surface area contributed by atoms with Gasteiger partial charge in [-0.2, -0.15) is 0 Å². The van der Waals surface area contributed by atoms with Crippen LogP contribution in [0, 0.1) is 0 Å². The van der Waals surface area contributed by atoms with Crippen molar-refractivity contribution in [2.24, 2.45) is 0 Å². The molecule has 1 aliphatic rings. The molecule has 1 saturated heterocycles. The zero-order valence-electron chi connectivity index (χ0n) is 11.5. The van der Waals surface area contributed by atoms with Crippen LogP contribution in [-0.4, -0.2) is 41.3 Å². The highest BCUT2D eigenvalue weighted by Crippen LogP contribution is 2.14. The molecule has 1 amide bonds. The maximum atomic E-state index is 11.4. The lowest BCUT2D eigenvalue weighted by molar-refractivity contribution is -0.122. The molecule has 5 nitrogen and oxygen atoms in total. The van der Waals surface area contributed by atoms with Gasteiger partial charge in [0.05, 0.1) is 0 Å². The van der Waals surface area contributed by atoms with Crippen LogP contribution < -0.4 is 0 Å². The van der Waals surface area contributed by atoms with E-state index < -0.39 is 0 Å². The SMILES string of the molecule is CC.CC(C)(C)OC(=O)N1CCCC1.O=CO. The number of carboxylic acid groups (broad SMARTS) is 1. The van der Waals surface area contributed by atoms with Gasteiger partial charge in [-0.15, -0.1) is 0 Å². The van der Waals surface area contributed by atoms with Crippen LogP contribution in [0.15, 0.2) is 0 Å². The van der Waals surface area contributed by atoms with Gasteiger partial charge in [-0.05, 0) is 33.6 Å². The van der Waals surface area contributed by atoms with Crippen LogP contribution in [0.4, 0.5) is 4.79 Å². The van der Waals surface area contributed by atoms with Crippen molar-refractivity contribution in [1.29, 1.82) is 0 Å². The Labute approximate surface area is 104 Å². The average molecular weight is 247 g/mol. The molecule has 5 heteroatoms. The van der Waals surface area contributed by atoms with E-state index in [4.69, 9.17) is 14.6 Å². The second-order valence-electron chi connectivity index (χ2n) is 4.28. The standard InChI is InChI=1S/C9H17NO2.C2H6.CH2O2/c1-9(2,3)12-8(11)10-6-4-5-7-10;1-2;2-1-3/h4-7H2,1-3H3;1-2H3;1H,(H,2,3). The second-order valence-corrected chi connectivity index (χ2v) is 4.28. The molecule has 0 aliphatic carbocycles. The summed E-state index contributed by atoms with van der Waals surface area (Å²) in [5.74, 6) is 0. The van der Waals surface area contributed by atoms with E-state index in [-0.39, 0.29) is 18.2 Å². The number of hydrogen-bond acceptors (Lipinski definition) is 3. The van der Waals surface area contributed by atoms with Crippen LogP contribution in [0.5, 0.6) is 0 Å². The molecule has 1 N–H and O–H groups in total. The highest BCUT2D eigenvalue weighted by atomic mass is 16.6. The molecular weight excluding hydrogens is 222 g/mol. The summed E-state index contributed by atoms with van der Waals surface area (Å²) in [6, 6.07) is 0. The van der Waals surface area contributed by atoms with E-state index in [9.17, 15) is 4.79 Å². The van der Waals surface area contributed by atoms with Crippen LogP contribution in [-0.2, 0) is 9.53 Å². The zero-order chi connectivity index (χ0) is 13.9. The van der Waals surface area contributed by atoms with Crippen molar-refractivity contribution in [1.82, 2.24) is 4.90 Å². The van der Waals surface area contributed by atoms with Crippen LogP contribution in [0.1, 0.15) is 47.5 Å². The van der Waals surface area contributed by atoms with Gasteiger partial charge in [0.15, 0.2) is 0 Å². The first-order chi connectivity index (χ1) is 7.90. The topological polar surface area (TPSA) is 66.8 Å². The Hall–Kier alpha value is -1.26. The van der Waals surface area contributed by atoms with Crippen LogP contribution >= 0.6 is 0 Å². The highest BCUT2D eigenvalue weighted by Gasteiger charge is 2.23. The molecule has 0 aromatic heterocycles. The molecule has 0 saturated carbocycles. The van der Waals surface area contributed by atoms with Crippen molar-refractivity contribution in [3.05, 3.63) is 0 Å². The zero-order valence-corrected chi connectivity index (χ0v) is 11.5. The van der Waals surface area contributed by atoms with E-state index in [0.29, 0.717) is 0 Å². The summed E-state index contributed by atoms with van der Waals surface area (Å²) < 4.78 is 5.21. The lowest BCUT2D eigenvalue weighted by atomic mass is 10.2. The Morgan fingerprint density at radius 1 is 1.24 bits per heavy atom. The van der Waals surface area contributed by atoms with Crippen LogP contribution in [0.2, 0.25) is 0 Å². The largest absolute Gasteiger partial charge is 0.483 e. The molecule has 1 aliphatic heterocycles. The number of rotatable bonds is 0. The van der Waals surface area contributed by atoms with E-state index >= 15 is 0 Å². The molecule has 1 rings (SSSR count). The summed E-state index contributed by atoms with van der Waals surface area (Å²) in [6.07, 6.45) is 2.05. The third kappa shape index (κ3) is 11.0. The summed E-state index contributed by atoms with van der Waals surface area (Å²) in [5, 5.41) is 6.89. The van der Waals surface area contributed by atoms with E-state index in [1.807, 2.05) is 34.6 Å². The summed E-state index contributed by atoms with van der Waals surface area (Å²) in [4.78, 5) is 21.5. The van der Waals surface area contributed by atoms with Gasteiger partial charge in [0.1, 0.15) is 5.60 Å². The molecule has 102 valence electrons. The predicted molar refractivity (Wildman–Crippen MR) is 67.1 cm³/mol. The number of carbonyl (C=O) groups excluding carboxylic acids is 1. The number of nitrogens with zero attached hydrogens (tertiary/aromatic N) is 1. The lowest BCUT2D eigenvalue weighted by Crippen LogP contribution is -2.34. The fraction of sp³-hybridized carbons (Fsp3) is 0.833. The minimum Gasteiger partial charge on any atom is -0.483 e. The number of likely N-dealkylation sites (tertiary alicyclic amines) is 1. The third-order valence-electron chi connectivity index (χ3n) is 1.76. The molecule has 0 atom stereocenters. The van der Waals surface area contributed by atoms with Gasteiger partial charge in [0, 0.05) is 13.1 Å². The molecule has 1 fully saturated rings. The van der Waals surface area contributed by atoms with Crippen LogP contribution in [0.3, 0.4) is 0 Å². The summed E-state index contributed by atoms with van der Waals surface area (Å²) in [6.45, 7) is 11.1. The van der Waals surface area contributed by atoms with Gasteiger partial charge < -0.3 is 14.7 Å². The first-order valence-corrected chi connectivity index (χ1v) is 5.96. The van der Waals surface area contributed by atoms with E-state index in [0.717, 1.165) is 25.9 Å². The molecule has 17 heavy (non-hydrogen) atoms. The third-order valence-corrected chi connectivity index (χ3v) is 1.76. The summed E-state index contributed by atoms with van der Waals surface area (Å²) >= 11 is 0. The van der Waals surface area contributed by atoms with Crippen molar-refractivity contribution in [3.63, 3.8) is 0 Å². The Morgan fingerprint density at radius 3 is 1.88 bits per heavy atom. The van der Waals surface area contributed by atoms with Crippen molar-refractivity contribution >= 4 is 12.6 Å². The van der Waals surface area contributed by atoms with Crippen LogP contribution in [0.25, 0.3) is 0 Å². The molecule has 0 aromatic rings. The maximum Gasteiger partial charge on any atom is 0.410 e. The molecule has 0 bridgehead atoms. The number of amides is 1. The van der Waals surface area contributed by atoms with E-state index in [2.05, 4.69) is 0 Å². The predicted octanol–water partition coefficient (Wildman–Crippen LogP) is 2.74.